The highest BCUT2D eigenvalue weighted by molar-refractivity contribution is 5.79. The Morgan fingerprint density at radius 2 is 1.90 bits per heavy atom. The molecule has 1 amide bonds. The van der Waals surface area contributed by atoms with E-state index in [1.54, 1.807) is 0 Å². The number of unbranched alkanes of at least 4 members (excludes halogenated alkanes) is 1. The van der Waals surface area contributed by atoms with E-state index in [2.05, 4.69) is 29.4 Å². The molecule has 1 aliphatic carbocycles. The fourth-order valence-electron chi connectivity index (χ4n) is 4.74. The van der Waals surface area contributed by atoms with Crippen LogP contribution in [0.3, 0.4) is 0 Å². The second-order valence-electron chi connectivity index (χ2n) is 9.00. The van der Waals surface area contributed by atoms with E-state index in [-0.39, 0.29) is 11.8 Å². The second-order valence-corrected chi connectivity index (χ2v) is 9.00. The number of carbonyl (C=O) groups excluding carboxylic acids is 1. The van der Waals surface area contributed by atoms with Crippen LogP contribution in [-0.4, -0.2) is 69.2 Å². The predicted octanol–water partition coefficient (Wildman–Crippen LogP) is 2.51. The number of hydrogen-bond donors (Lipinski definition) is 3. The van der Waals surface area contributed by atoms with E-state index in [0.717, 1.165) is 90.5 Å². The van der Waals surface area contributed by atoms with Gasteiger partial charge in [-0.25, -0.2) is 0 Å². The summed E-state index contributed by atoms with van der Waals surface area (Å²) in [5.74, 6) is 0.896. The number of likely N-dealkylation sites (tertiary alicyclic amines) is 1. The number of amides is 1. The van der Waals surface area contributed by atoms with Crippen molar-refractivity contribution in [3.05, 3.63) is 0 Å². The number of piperidine rings is 1. The molecule has 0 aromatic carbocycles. The highest BCUT2D eigenvalue weighted by Crippen LogP contribution is 2.41. The molecule has 7 heteroatoms. The first kappa shape index (κ1) is 24.9. The number of hydrogen-bond acceptors (Lipinski definition) is 4. The number of ether oxygens (including phenoxy) is 1. The summed E-state index contributed by atoms with van der Waals surface area (Å²) in [6.07, 6.45) is 10.4. The lowest BCUT2D eigenvalue weighted by Gasteiger charge is -2.30. The van der Waals surface area contributed by atoms with Gasteiger partial charge in [-0.15, -0.1) is 0 Å². The zero-order valence-corrected chi connectivity index (χ0v) is 19.4. The van der Waals surface area contributed by atoms with Crippen molar-refractivity contribution in [3.63, 3.8) is 0 Å². The third kappa shape index (κ3) is 8.80. The maximum absolute atomic E-state index is 11.3. The Labute approximate surface area is 183 Å². The van der Waals surface area contributed by atoms with Crippen molar-refractivity contribution in [2.24, 2.45) is 22.1 Å². The van der Waals surface area contributed by atoms with Crippen molar-refractivity contribution in [1.29, 1.82) is 0 Å². The van der Waals surface area contributed by atoms with Crippen molar-refractivity contribution in [2.45, 2.75) is 71.6 Å². The molecule has 1 saturated carbocycles. The maximum atomic E-state index is 11.3. The number of nitrogens with one attached hydrogen (secondary N) is 2. The Balaban J connectivity index is 1.67. The fourth-order valence-corrected chi connectivity index (χ4v) is 4.74. The first-order valence-electron chi connectivity index (χ1n) is 12.2. The first-order valence-corrected chi connectivity index (χ1v) is 12.2. The summed E-state index contributed by atoms with van der Waals surface area (Å²) in [5, 5.41) is 6.92. The van der Waals surface area contributed by atoms with E-state index >= 15 is 0 Å². The Bertz CT molecular complexity index is 512. The largest absolute Gasteiger partial charge is 0.382 e. The average molecular weight is 424 g/mol. The number of carbonyl (C=O) groups is 1. The van der Waals surface area contributed by atoms with Gasteiger partial charge >= 0.3 is 0 Å². The lowest BCUT2D eigenvalue weighted by Crippen LogP contribution is -2.40. The van der Waals surface area contributed by atoms with Gasteiger partial charge in [0.2, 0.25) is 5.91 Å². The van der Waals surface area contributed by atoms with E-state index in [1.165, 1.54) is 25.7 Å². The molecule has 174 valence electrons. The van der Waals surface area contributed by atoms with Crippen molar-refractivity contribution >= 4 is 11.9 Å². The van der Waals surface area contributed by atoms with Crippen molar-refractivity contribution in [1.82, 2.24) is 15.5 Å². The molecular weight excluding hydrogens is 378 g/mol. The lowest BCUT2D eigenvalue weighted by molar-refractivity contribution is -0.123. The van der Waals surface area contributed by atoms with Crippen LogP contribution >= 0.6 is 0 Å². The van der Waals surface area contributed by atoms with Gasteiger partial charge in [0.1, 0.15) is 0 Å². The zero-order chi connectivity index (χ0) is 21.7. The first-order chi connectivity index (χ1) is 14.6. The molecular formula is C23H45N5O2. The van der Waals surface area contributed by atoms with Gasteiger partial charge in [0.25, 0.3) is 0 Å². The van der Waals surface area contributed by atoms with Crippen LogP contribution in [0.15, 0.2) is 4.99 Å². The summed E-state index contributed by atoms with van der Waals surface area (Å²) in [7, 11) is 0. The Morgan fingerprint density at radius 1 is 1.17 bits per heavy atom. The van der Waals surface area contributed by atoms with Gasteiger partial charge in [-0.05, 0) is 83.8 Å². The quantitative estimate of drug-likeness (QED) is 0.240. The van der Waals surface area contributed by atoms with E-state index < -0.39 is 0 Å². The molecule has 0 spiro atoms. The molecule has 0 bridgehead atoms. The van der Waals surface area contributed by atoms with Crippen LogP contribution in [0.2, 0.25) is 0 Å². The molecule has 1 heterocycles. The van der Waals surface area contributed by atoms with Gasteiger partial charge in [-0.1, -0.05) is 12.8 Å². The number of nitrogens with two attached hydrogens (primary N) is 1. The number of rotatable bonds is 13. The molecule has 2 fully saturated rings. The van der Waals surface area contributed by atoms with Crippen LogP contribution in [0.25, 0.3) is 0 Å². The number of primary amides is 1. The van der Waals surface area contributed by atoms with Gasteiger partial charge in [-0.2, -0.15) is 0 Å². The monoisotopic (exact) mass is 423 g/mol. The van der Waals surface area contributed by atoms with Gasteiger partial charge in [0, 0.05) is 38.8 Å². The zero-order valence-electron chi connectivity index (χ0n) is 19.4. The molecule has 2 rings (SSSR count). The summed E-state index contributed by atoms with van der Waals surface area (Å²) in [4.78, 5) is 18.7. The van der Waals surface area contributed by atoms with Gasteiger partial charge in [0.15, 0.2) is 5.96 Å². The normalized spacial score (nSPS) is 20.4. The van der Waals surface area contributed by atoms with Crippen LogP contribution in [0.4, 0.5) is 0 Å². The average Bonchev–Trinajstić information content (AvgIpc) is 3.21. The third-order valence-electron chi connectivity index (χ3n) is 6.75. The molecule has 1 aliphatic heterocycles. The van der Waals surface area contributed by atoms with Crippen LogP contribution in [0.5, 0.6) is 0 Å². The highest BCUT2D eigenvalue weighted by Gasteiger charge is 2.33. The predicted molar refractivity (Wildman–Crippen MR) is 124 cm³/mol. The van der Waals surface area contributed by atoms with Gasteiger partial charge in [0.05, 0.1) is 0 Å². The molecule has 4 N–H and O–H groups in total. The standard InChI is InChI=1S/C23H45N5O2/c1-3-25-22(27-19-23(11-5-6-12-23)13-18-30-4-2)26-14-7-8-15-28-16-9-20(10-17-28)21(24)29/h20H,3-19H2,1-2H3,(H2,24,29)(H2,25,26,27). The fraction of sp³-hybridized carbons (Fsp3) is 0.913. The molecule has 0 aromatic heterocycles. The molecule has 0 aromatic rings. The Kier molecular flexibility index (Phi) is 11.5. The summed E-state index contributed by atoms with van der Waals surface area (Å²) in [6, 6.07) is 0. The lowest BCUT2D eigenvalue weighted by atomic mass is 9.83. The SMILES string of the molecule is CCNC(=NCC1(CCOCC)CCCC1)NCCCCN1CCC(C(N)=O)CC1. The molecule has 7 nitrogen and oxygen atoms in total. The van der Waals surface area contributed by atoms with Crippen LogP contribution < -0.4 is 16.4 Å². The maximum Gasteiger partial charge on any atom is 0.220 e. The number of guanidine groups is 1. The number of aliphatic imine (C=N–C) groups is 1. The second kappa shape index (κ2) is 13.9. The molecule has 2 aliphatic rings. The van der Waals surface area contributed by atoms with Crippen LogP contribution in [0.1, 0.15) is 71.6 Å². The van der Waals surface area contributed by atoms with Crippen molar-refractivity contribution < 1.29 is 9.53 Å². The van der Waals surface area contributed by atoms with Crippen LogP contribution in [0, 0.1) is 11.3 Å². The highest BCUT2D eigenvalue weighted by atomic mass is 16.5. The van der Waals surface area contributed by atoms with Crippen molar-refractivity contribution in [3.8, 4) is 0 Å². The van der Waals surface area contributed by atoms with Gasteiger partial charge in [-0.3, -0.25) is 9.79 Å². The van der Waals surface area contributed by atoms with Crippen LogP contribution in [-0.2, 0) is 9.53 Å². The Morgan fingerprint density at radius 3 is 2.53 bits per heavy atom. The minimum absolute atomic E-state index is 0.0819. The minimum Gasteiger partial charge on any atom is -0.382 e. The summed E-state index contributed by atoms with van der Waals surface area (Å²) in [6.45, 7) is 11.6. The van der Waals surface area contributed by atoms with Crippen molar-refractivity contribution in [2.75, 3.05) is 52.5 Å². The minimum atomic E-state index is -0.133. The summed E-state index contributed by atoms with van der Waals surface area (Å²) >= 11 is 0. The van der Waals surface area contributed by atoms with E-state index in [1.807, 2.05) is 0 Å². The smallest absolute Gasteiger partial charge is 0.220 e. The molecule has 0 atom stereocenters. The van der Waals surface area contributed by atoms with Gasteiger partial charge < -0.3 is 26.0 Å². The molecule has 1 saturated heterocycles. The van der Waals surface area contributed by atoms with E-state index in [0.29, 0.717) is 5.41 Å². The molecule has 0 unspecified atom stereocenters. The molecule has 0 radical (unpaired) electrons. The number of nitrogens with zero attached hydrogens (tertiary/aromatic N) is 2. The third-order valence-corrected chi connectivity index (χ3v) is 6.75. The molecule has 30 heavy (non-hydrogen) atoms. The summed E-state index contributed by atoms with van der Waals surface area (Å²) in [5.41, 5.74) is 5.75. The topological polar surface area (TPSA) is 92.0 Å². The van der Waals surface area contributed by atoms with E-state index in [9.17, 15) is 4.79 Å². The Hall–Kier alpha value is -1.34. The summed E-state index contributed by atoms with van der Waals surface area (Å²) < 4.78 is 5.63. The van der Waals surface area contributed by atoms with E-state index in [4.69, 9.17) is 15.5 Å².